The number of hydrogen-bond acceptors (Lipinski definition) is 3. The minimum absolute atomic E-state index is 0.450. The van der Waals surface area contributed by atoms with Crippen LogP contribution in [0.25, 0.3) is 0 Å². The second-order valence-corrected chi connectivity index (χ2v) is 5.23. The van der Waals surface area contributed by atoms with Crippen LogP contribution >= 0.6 is 0 Å². The molecule has 1 atom stereocenters. The van der Waals surface area contributed by atoms with Crippen molar-refractivity contribution in [2.24, 2.45) is 0 Å². The third kappa shape index (κ3) is 4.22. The molecule has 0 saturated heterocycles. The molecule has 106 valence electrons. The molecule has 19 heavy (non-hydrogen) atoms. The predicted molar refractivity (Wildman–Crippen MR) is 80.9 cm³/mol. The van der Waals surface area contributed by atoms with E-state index in [0.29, 0.717) is 6.04 Å². The minimum Gasteiger partial charge on any atom is -0.380 e. The zero-order chi connectivity index (χ0) is 13.5. The second kappa shape index (κ2) is 7.51. The first-order valence-electron chi connectivity index (χ1n) is 7.45. The first kappa shape index (κ1) is 14.4. The summed E-state index contributed by atoms with van der Waals surface area (Å²) in [6.45, 7) is 9.21. The highest BCUT2D eigenvalue weighted by molar-refractivity contribution is 5.57. The van der Waals surface area contributed by atoms with E-state index in [1.807, 2.05) is 6.92 Å². The van der Waals surface area contributed by atoms with Gasteiger partial charge in [-0.2, -0.15) is 0 Å². The Bertz CT molecular complexity index is 381. The third-order valence-electron chi connectivity index (χ3n) is 3.65. The maximum absolute atomic E-state index is 5.40. The van der Waals surface area contributed by atoms with Crippen molar-refractivity contribution in [2.75, 3.05) is 37.7 Å². The smallest absolute Gasteiger partial charge is 0.0616 e. The lowest BCUT2D eigenvalue weighted by atomic mass is 10.2. The molecule has 3 heteroatoms. The van der Waals surface area contributed by atoms with Crippen molar-refractivity contribution >= 4 is 5.69 Å². The van der Waals surface area contributed by atoms with E-state index in [9.17, 15) is 0 Å². The van der Waals surface area contributed by atoms with Crippen molar-refractivity contribution in [1.82, 2.24) is 5.32 Å². The summed E-state index contributed by atoms with van der Waals surface area (Å²) >= 11 is 0. The maximum atomic E-state index is 5.40. The molecule has 1 aromatic carbocycles. The number of fused-ring (bicyclic) bond motifs is 1. The van der Waals surface area contributed by atoms with Crippen LogP contribution in [0, 0.1) is 0 Å². The topological polar surface area (TPSA) is 24.5 Å². The quantitative estimate of drug-likeness (QED) is 0.728. The molecule has 1 unspecified atom stereocenters. The first-order chi connectivity index (χ1) is 9.31. The van der Waals surface area contributed by atoms with Crippen molar-refractivity contribution in [3.8, 4) is 0 Å². The number of anilines is 1. The van der Waals surface area contributed by atoms with Crippen LogP contribution in [-0.2, 0) is 11.2 Å². The fourth-order valence-corrected chi connectivity index (χ4v) is 2.61. The van der Waals surface area contributed by atoms with Crippen LogP contribution in [0.4, 0.5) is 5.69 Å². The van der Waals surface area contributed by atoms with Crippen LogP contribution in [-0.4, -0.2) is 38.9 Å². The van der Waals surface area contributed by atoms with Gasteiger partial charge < -0.3 is 15.0 Å². The summed E-state index contributed by atoms with van der Waals surface area (Å²) in [5.41, 5.74) is 2.94. The molecule has 1 aliphatic heterocycles. The summed E-state index contributed by atoms with van der Waals surface area (Å²) in [4.78, 5) is 2.50. The maximum Gasteiger partial charge on any atom is 0.0616 e. The zero-order valence-corrected chi connectivity index (χ0v) is 12.2. The van der Waals surface area contributed by atoms with Crippen LogP contribution < -0.4 is 10.2 Å². The molecule has 3 nitrogen and oxygen atoms in total. The molecule has 0 fully saturated rings. The summed E-state index contributed by atoms with van der Waals surface area (Å²) in [7, 11) is 0. The van der Waals surface area contributed by atoms with Crippen molar-refractivity contribution in [1.29, 1.82) is 0 Å². The number of ether oxygens (including phenoxy) is 1. The first-order valence-corrected chi connectivity index (χ1v) is 7.45. The Morgan fingerprint density at radius 1 is 1.37 bits per heavy atom. The Morgan fingerprint density at radius 2 is 2.21 bits per heavy atom. The van der Waals surface area contributed by atoms with Gasteiger partial charge in [-0.3, -0.25) is 0 Å². The Balaban J connectivity index is 1.65. The van der Waals surface area contributed by atoms with E-state index in [0.717, 1.165) is 26.3 Å². The highest BCUT2D eigenvalue weighted by Gasteiger charge is 2.17. The zero-order valence-electron chi connectivity index (χ0n) is 12.2. The van der Waals surface area contributed by atoms with Gasteiger partial charge in [0.25, 0.3) is 0 Å². The van der Waals surface area contributed by atoms with E-state index in [2.05, 4.69) is 41.4 Å². The fraction of sp³-hybridized carbons (Fsp3) is 0.625. The average Bonchev–Trinajstić information content (AvgIpc) is 2.85. The molecule has 0 radical (unpaired) electrons. The summed E-state index contributed by atoms with van der Waals surface area (Å²) < 4.78 is 5.40. The van der Waals surface area contributed by atoms with E-state index in [-0.39, 0.29) is 0 Å². The average molecular weight is 262 g/mol. The fourth-order valence-electron chi connectivity index (χ4n) is 2.61. The molecular formula is C16H26N2O. The summed E-state index contributed by atoms with van der Waals surface area (Å²) in [5.74, 6) is 0. The molecule has 0 bridgehead atoms. The molecular weight excluding hydrogens is 236 g/mol. The SMILES string of the molecule is CCOCC(C)NCCCN1CCc2ccccc21. The number of hydrogen-bond donors (Lipinski definition) is 1. The van der Waals surface area contributed by atoms with Crippen molar-refractivity contribution in [2.45, 2.75) is 32.7 Å². The Kier molecular flexibility index (Phi) is 5.67. The number of nitrogens with zero attached hydrogens (tertiary/aromatic N) is 1. The van der Waals surface area contributed by atoms with Crippen LogP contribution in [0.1, 0.15) is 25.8 Å². The van der Waals surface area contributed by atoms with Crippen LogP contribution in [0.15, 0.2) is 24.3 Å². The molecule has 1 aliphatic rings. The van der Waals surface area contributed by atoms with E-state index in [1.165, 1.54) is 30.6 Å². The lowest BCUT2D eigenvalue weighted by Crippen LogP contribution is -2.33. The van der Waals surface area contributed by atoms with Gasteiger partial charge in [-0.25, -0.2) is 0 Å². The third-order valence-corrected chi connectivity index (χ3v) is 3.65. The number of para-hydroxylation sites is 1. The molecule has 2 rings (SSSR count). The van der Waals surface area contributed by atoms with E-state index in [4.69, 9.17) is 4.74 Å². The normalized spacial score (nSPS) is 15.6. The van der Waals surface area contributed by atoms with Gasteiger partial charge in [0.1, 0.15) is 0 Å². The predicted octanol–water partition coefficient (Wildman–Crippen LogP) is 2.45. The van der Waals surface area contributed by atoms with E-state index < -0.39 is 0 Å². The van der Waals surface area contributed by atoms with Gasteiger partial charge in [-0.05, 0) is 44.9 Å². The minimum atomic E-state index is 0.450. The highest BCUT2D eigenvalue weighted by atomic mass is 16.5. The molecule has 0 aliphatic carbocycles. The largest absolute Gasteiger partial charge is 0.380 e. The van der Waals surface area contributed by atoms with Gasteiger partial charge in [0.15, 0.2) is 0 Å². The van der Waals surface area contributed by atoms with E-state index in [1.54, 1.807) is 0 Å². The molecule has 1 heterocycles. The molecule has 0 saturated carbocycles. The lowest BCUT2D eigenvalue weighted by Gasteiger charge is -2.20. The lowest BCUT2D eigenvalue weighted by molar-refractivity contribution is 0.127. The van der Waals surface area contributed by atoms with Crippen LogP contribution in [0.5, 0.6) is 0 Å². The molecule has 0 aromatic heterocycles. The standard InChI is InChI=1S/C16H26N2O/c1-3-19-13-14(2)17-10-6-11-18-12-9-15-7-4-5-8-16(15)18/h4-5,7-8,14,17H,3,6,9-13H2,1-2H3. The number of nitrogens with one attached hydrogen (secondary N) is 1. The van der Waals surface area contributed by atoms with Gasteiger partial charge in [-0.1, -0.05) is 18.2 Å². The summed E-state index contributed by atoms with van der Waals surface area (Å²) in [5, 5.41) is 3.51. The summed E-state index contributed by atoms with van der Waals surface area (Å²) in [6, 6.07) is 9.22. The van der Waals surface area contributed by atoms with Crippen molar-refractivity contribution in [3.05, 3.63) is 29.8 Å². The van der Waals surface area contributed by atoms with Crippen LogP contribution in [0.2, 0.25) is 0 Å². The molecule has 1 aromatic rings. The highest BCUT2D eigenvalue weighted by Crippen LogP contribution is 2.27. The van der Waals surface area contributed by atoms with Gasteiger partial charge >= 0.3 is 0 Å². The van der Waals surface area contributed by atoms with Gasteiger partial charge in [0, 0.05) is 31.4 Å². The Labute approximate surface area is 116 Å². The number of rotatable bonds is 8. The molecule has 0 spiro atoms. The monoisotopic (exact) mass is 262 g/mol. The van der Waals surface area contributed by atoms with Crippen molar-refractivity contribution < 1.29 is 4.74 Å². The van der Waals surface area contributed by atoms with Crippen LogP contribution in [0.3, 0.4) is 0 Å². The van der Waals surface area contributed by atoms with Gasteiger partial charge in [-0.15, -0.1) is 0 Å². The Hall–Kier alpha value is -1.06. The molecule has 0 amide bonds. The molecule has 1 N–H and O–H groups in total. The van der Waals surface area contributed by atoms with Crippen molar-refractivity contribution in [3.63, 3.8) is 0 Å². The number of benzene rings is 1. The summed E-state index contributed by atoms with van der Waals surface area (Å²) in [6.07, 6.45) is 2.38. The Morgan fingerprint density at radius 3 is 3.05 bits per heavy atom. The van der Waals surface area contributed by atoms with E-state index >= 15 is 0 Å². The van der Waals surface area contributed by atoms with Gasteiger partial charge in [0.05, 0.1) is 6.61 Å². The van der Waals surface area contributed by atoms with Gasteiger partial charge in [0.2, 0.25) is 0 Å². The second-order valence-electron chi connectivity index (χ2n) is 5.23.